The smallest absolute Gasteiger partial charge is 0.358 e. The summed E-state index contributed by atoms with van der Waals surface area (Å²) in [7, 11) is 3.29. The van der Waals surface area contributed by atoms with Gasteiger partial charge in [0.1, 0.15) is 0 Å². The zero-order valence-electron chi connectivity index (χ0n) is 9.79. The number of carboxylic acids is 1. The summed E-state index contributed by atoms with van der Waals surface area (Å²) < 4.78 is 9.65. The third kappa shape index (κ3) is 4.51. The number of hydrogen-bond acceptors (Lipinski definition) is 6. The van der Waals surface area contributed by atoms with Crippen molar-refractivity contribution in [1.82, 2.24) is 10.1 Å². The zero-order valence-corrected chi connectivity index (χ0v) is 9.79. The fourth-order valence-corrected chi connectivity index (χ4v) is 1.42. The van der Waals surface area contributed by atoms with Crippen molar-refractivity contribution in [2.24, 2.45) is 0 Å². The maximum Gasteiger partial charge on any atom is 0.358 e. The highest BCUT2D eigenvalue weighted by Crippen LogP contribution is 2.06. The number of carboxylic acid groups (broad SMARTS) is 1. The summed E-state index contributed by atoms with van der Waals surface area (Å²) in [5.74, 6) is -0.684. The maximum absolute atomic E-state index is 10.6. The van der Waals surface area contributed by atoms with E-state index in [1.165, 1.54) is 13.2 Å². The molecule has 0 aromatic carbocycles. The van der Waals surface area contributed by atoms with Gasteiger partial charge in [0.05, 0.1) is 19.3 Å². The quantitative estimate of drug-likeness (QED) is 0.686. The minimum atomic E-state index is -1.12. The molecule has 0 aliphatic rings. The molecule has 0 amide bonds. The van der Waals surface area contributed by atoms with E-state index in [4.69, 9.17) is 14.4 Å². The number of carbonyl (C=O) groups is 1. The summed E-state index contributed by atoms with van der Waals surface area (Å²) in [5, 5.41) is 21.5. The first kappa shape index (κ1) is 13.6. The average Bonchev–Trinajstić information content (AvgIpc) is 2.66. The molecule has 17 heavy (non-hydrogen) atoms. The van der Waals surface area contributed by atoms with Crippen LogP contribution in [-0.4, -0.2) is 59.7 Å². The van der Waals surface area contributed by atoms with Gasteiger partial charge in [0.25, 0.3) is 0 Å². The maximum atomic E-state index is 10.6. The molecule has 1 aromatic heterocycles. The van der Waals surface area contributed by atoms with Gasteiger partial charge in [-0.05, 0) is 7.05 Å². The number of methoxy groups -OCH3 is 1. The first-order chi connectivity index (χ1) is 8.02. The molecule has 0 saturated carbocycles. The van der Waals surface area contributed by atoms with Crippen molar-refractivity contribution in [2.75, 3.05) is 27.3 Å². The Morgan fingerprint density at radius 2 is 2.41 bits per heavy atom. The Hall–Kier alpha value is -1.44. The molecule has 96 valence electrons. The van der Waals surface area contributed by atoms with Gasteiger partial charge >= 0.3 is 5.97 Å². The van der Waals surface area contributed by atoms with E-state index in [0.717, 1.165) is 0 Å². The predicted molar refractivity (Wildman–Crippen MR) is 57.7 cm³/mol. The molecule has 1 aromatic rings. The zero-order chi connectivity index (χ0) is 12.8. The number of rotatable bonds is 7. The number of likely N-dealkylation sites (N-methyl/N-ethyl adjacent to an activating group) is 1. The standard InChI is InChI=1S/C10H16N2O5/c1-12(4-7(13)6-16-2)5-8-3-9(10(14)15)11-17-8/h3,7,13H,4-6H2,1-2H3,(H,14,15). The summed E-state index contributed by atoms with van der Waals surface area (Å²) in [5.41, 5.74) is -0.120. The predicted octanol–water partition coefficient (Wildman–Crippen LogP) is -0.188. The van der Waals surface area contributed by atoms with Crippen molar-refractivity contribution < 1.29 is 24.3 Å². The molecule has 1 rings (SSSR count). The lowest BCUT2D eigenvalue weighted by molar-refractivity contribution is 0.0403. The summed E-state index contributed by atoms with van der Waals surface area (Å²) in [6.45, 7) is 1.03. The van der Waals surface area contributed by atoms with Crippen LogP contribution in [0.1, 0.15) is 16.2 Å². The van der Waals surface area contributed by atoms with Gasteiger partial charge < -0.3 is 19.5 Å². The second kappa shape index (κ2) is 6.33. The van der Waals surface area contributed by atoms with Crippen molar-refractivity contribution in [2.45, 2.75) is 12.6 Å². The summed E-state index contributed by atoms with van der Waals surface area (Å²) >= 11 is 0. The molecule has 0 fully saturated rings. The molecule has 7 nitrogen and oxygen atoms in total. The highest BCUT2D eigenvalue weighted by molar-refractivity contribution is 5.85. The largest absolute Gasteiger partial charge is 0.476 e. The van der Waals surface area contributed by atoms with Gasteiger partial charge in [-0.2, -0.15) is 0 Å². The normalized spacial score (nSPS) is 12.9. The highest BCUT2D eigenvalue weighted by atomic mass is 16.5. The minimum absolute atomic E-state index is 0.120. The summed E-state index contributed by atoms with van der Waals surface area (Å²) in [6, 6.07) is 1.36. The van der Waals surface area contributed by atoms with Crippen molar-refractivity contribution in [3.05, 3.63) is 17.5 Å². The molecule has 1 unspecified atom stereocenters. The molecule has 0 bridgehead atoms. The van der Waals surface area contributed by atoms with Crippen LogP contribution in [-0.2, 0) is 11.3 Å². The molecular weight excluding hydrogens is 228 g/mol. The van der Waals surface area contributed by atoms with Crippen LogP contribution in [0.3, 0.4) is 0 Å². The summed E-state index contributed by atoms with van der Waals surface area (Å²) in [6.07, 6.45) is -0.591. The number of ether oxygens (including phenoxy) is 1. The van der Waals surface area contributed by atoms with E-state index < -0.39 is 12.1 Å². The number of aliphatic hydroxyl groups excluding tert-OH is 1. The van der Waals surface area contributed by atoms with Crippen molar-refractivity contribution >= 4 is 5.97 Å². The van der Waals surface area contributed by atoms with Crippen LogP contribution < -0.4 is 0 Å². The second-order valence-corrected chi connectivity index (χ2v) is 3.79. The molecule has 0 aliphatic carbocycles. The topological polar surface area (TPSA) is 96.0 Å². The number of aliphatic hydroxyl groups is 1. The third-order valence-electron chi connectivity index (χ3n) is 2.09. The average molecular weight is 244 g/mol. The lowest BCUT2D eigenvalue weighted by Crippen LogP contribution is -2.31. The van der Waals surface area contributed by atoms with Crippen molar-refractivity contribution in [3.63, 3.8) is 0 Å². The Labute approximate surface area is 98.6 Å². The van der Waals surface area contributed by atoms with Crippen LogP contribution in [0.2, 0.25) is 0 Å². The fourth-order valence-electron chi connectivity index (χ4n) is 1.42. The van der Waals surface area contributed by atoms with E-state index in [9.17, 15) is 9.90 Å². The van der Waals surface area contributed by atoms with Gasteiger partial charge in [-0.3, -0.25) is 4.90 Å². The fraction of sp³-hybridized carbons (Fsp3) is 0.600. The van der Waals surface area contributed by atoms with E-state index >= 15 is 0 Å². The van der Waals surface area contributed by atoms with Crippen LogP contribution in [0.5, 0.6) is 0 Å². The van der Waals surface area contributed by atoms with Crippen LogP contribution in [0.15, 0.2) is 10.6 Å². The molecular formula is C10H16N2O5. The van der Waals surface area contributed by atoms with Crippen LogP contribution in [0.25, 0.3) is 0 Å². The third-order valence-corrected chi connectivity index (χ3v) is 2.09. The van der Waals surface area contributed by atoms with E-state index in [1.54, 1.807) is 11.9 Å². The number of aromatic nitrogens is 1. The Morgan fingerprint density at radius 1 is 1.71 bits per heavy atom. The second-order valence-electron chi connectivity index (χ2n) is 3.79. The van der Waals surface area contributed by atoms with E-state index in [-0.39, 0.29) is 12.3 Å². The van der Waals surface area contributed by atoms with Gasteiger partial charge in [0.15, 0.2) is 11.5 Å². The van der Waals surface area contributed by atoms with Crippen LogP contribution in [0.4, 0.5) is 0 Å². The molecule has 0 spiro atoms. The van der Waals surface area contributed by atoms with Gasteiger partial charge in [0, 0.05) is 19.7 Å². The lowest BCUT2D eigenvalue weighted by Gasteiger charge is -2.18. The number of nitrogens with zero attached hydrogens (tertiary/aromatic N) is 2. The van der Waals surface area contributed by atoms with Gasteiger partial charge in [0.2, 0.25) is 0 Å². The van der Waals surface area contributed by atoms with E-state index in [2.05, 4.69) is 5.16 Å². The summed E-state index contributed by atoms with van der Waals surface area (Å²) in [4.78, 5) is 12.4. The molecule has 1 atom stereocenters. The monoisotopic (exact) mass is 244 g/mol. The molecule has 0 saturated heterocycles. The molecule has 0 radical (unpaired) electrons. The van der Waals surface area contributed by atoms with Crippen LogP contribution >= 0.6 is 0 Å². The Balaban J connectivity index is 2.44. The Morgan fingerprint density at radius 3 is 2.94 bits per heavy atom. The number of aromatic carboxylic acids is 1. The van der Waals surface area contributed by atoms with Gasteiger partial charge in [-0.15, -0.1) is 0 Å². The minimum Gasteiger partial charge on any atom is -0.476 e. The lowest BCUT2D eigenvalue weighted by atomic mass is 10.3. The van der Waals surface area contributed by atoms with Gasteiger partial charge in [-0.25, -0.2) is 4.79 Å². The van der Waals surface area contributed by atoms with E-state index in [1.807, 2.05) is 0 Å². The van der Waals surface area contributed by atoms with E-state index in [0.29, 0.717) is 18.8 Å². The molecule has 2 N–H and O–H groups in total. The molecule has 0 aliphatic heterocycles. The molecule has 7 heteroatoms. The van der Waals surface area contributed by atoms with Crippen molar-refractivity contribution in [1.29, 1.82) is 0 Å². The Bertz CT molecular complexity index is 365. The molecule has 1 heterocycles. The highest BCUT2D eigenvalue weighted by Gasteiger charge is 2.14. The van der Waals surface area contributed by atoms with Gasteiger partial charge in [-0.1, -0.05) is 5.16 Å². The SMILES string of the molecule is COCC(O)CN(C)Cc1cc(C(=O)O)no1. The first-order valence-corrected chi connectivity index (χ1v) is 5.07. The van der Waals surface area contributed by atoms with Crippen molar-refractivity contribution in [3.8, 4) is 0 Å². The Kier molecular flexibility index (Phi) is 5.08. The number of hydrogen-bond donors (Lipinski definition) is 2. The van der Waals surface area contributed by atoms with Crippen LogP contribution in [0, 0.1) is 0 Å². The first-order valence-electron chi connectivity index (χ1n) is 5.07.